The fourth-order valence-corrected chi connectivity index (χ4v) is 9.08. The lowest BCUT2D eigenvalue weighted by Gasteiger charge is -2.61. The maximum absolute atomic E-state index is 13.9. The first kappa shape index (κ1) is 33.0. The molecule has 0 spiro atoms. The molecule has 44 heavy (non-hydrogen) atoms. The lowest BCUT2D eigenvalue weighted by atomic mass is 9.43. The van der Waals surface area contributed by atoms with Crippen LogP contribution in [0.1, 0.15) is 46.0 Å². The van der Waals surface area contributed by atoms with Crippen molar-refractivity contribution in [1.82, 2.24) is 0 Å². The number of fused-ring (bicyclic) bond motifs is 7. The van der Waals surface area contributed by atoms with Gasteiger partial charge in [0, 0.05) is 17.8 Å². The van der Waals surface area contributed by atoms with Gasteiger partial charge in [-0.1, -0.05) is 13.8 Å². The highest BCUT2D eigenvalue weighted by Gasteiger charge is 2.79. The molecule has 18 heteroatoms. The predicted octanol–water partition coefficient (Wildman–Crippen LogP) is -5.61. The Kier molecular flexibility index (Phi) is 7.21. The molecule has 9 unspecified atom stereocenters. The summed E-state index contributed by atoms with van der Waals surface area (Å²) < 4.78 is 15.4. The number of rotatable bonds is 6. The number of aliphatic hydroxyl groups is 10. The summed E-state index contributed by atoms with van der Waals surface area (Å²) in [5.74, 6) is -24.4. The average Bonchev–Trinajstić information content (AvgIpc) is 3.40. The molecule has 5 aliphatic rings. The van der Waals surface area contributed by atoms with E-state index in [1.807, 2.05) is 0 Å². The number of ether oxygens (including phenoxy) is 3. The van der Waals surface area contributed by atoms with E-state index in [1.54, 1.807) is 6.92 Å². The number of hydrogen-bond acceptors (Lipinski definition) is 18. The fraction of sp³-hybridized carbons (Fsp3) is 0.808. The van der Waals surface area contributed by atoms with E-state index in [4.69, 9.17) is 9.47 Å². The van der Waals surface area contributed by atoms with Crippen LogP contribution in [0.4, 0.5) is 0 Å². The molecule has 1 saturated heterocycles. The van der Waals surface area contributed by atoms with Gasteiger partial charge >= 0.3 is 29.5 Å². The van der Waals surface area contributed by atoms with Gasteiger partial charge in [-0.15, -0.1) is 0 Å². The van der Waals surface area contributed by atoms with Crippen molar-refractivity contribution >= 4 is 29.1 Å². The van der Waals surface area contributed by atoms with E-state index < -0.39 is 112 Å². The summed E-state index contributed by atoms with van der Waals surface area (Å²) in [7, 11) is 0. The molecule has 0 amide bonds. The highest BCUT2D eigenvalue weighted by molar-refractivity contribution is 6.65. The van der Waals surface area contributed by atoms with Crippen LogP contribution in [0.3, 0.4) is 0 Å². The van der Waals surface area contributed by atoms with Gasteiger partial charge in [-0.05, 0) is 48.9 Å². The van der Waals surface area contributed by atoms with Crippen molar-refractivity contribution in [3.05, 3.63) is 0 Å². The third kappa shape index (κ3) is 4.01. The Morgan fingerprint density at radius 1 is 0.932 bits per heavy atom. The zero-order valence-corrected chi connectivity index (χ0v) is 23.4. The standard InChI is InChI=1S/C26H34O18/c1-20-6-13(28)17(30)16(29)10(20)4-3-9-11-5-14-22(43-8-42-14,21(11,2)7-12(27)15(9)20)18(31)24(34,35)44-19(32)23(33,25(36,37)38)26(39,40)41/h9-12,14-15,27,33-41H,3-8H2,1-2H3. The minimum Gasteiger partial charge on any atom is -0.399 e. The molecule has 9 atom stereocenters. The molecule has 0 bridgehead atoms. The van der Waals surface area contributed by atoms with Crippen LogP contribution < -0.4 is 0 Å². The minimum absolute atomic E-state index is 0.00821. The molecule has 4 saturated carbocycles. The van der Waals surface area contributed by atoms with E-state index in [1.165, 1.54) is 6.92 Å². The number of Topliss-reactive ketones (excluding diaryl/α,β-unsaturated/α-hetero) is 4. The average molecular weight is 635 g/mol. The Morgan fingerprint density at radius 3 is 2.09 bits per heavy atom. The van der Waals surface area contributed by atoms with Crippen molar-refractivity contribution < 1.29 is 89.2 Å². The van der Waals surface area contributed by atoms with Gasteiger partial charge in [-0.3, -0.25) is 19.2 Å². The molecule has 1 heterocycles. The highest BCUT2D eigenvalue weighted by atomic mass is 16.8. The van der Waals surface area contributed by atoms with Gasteiger partial charge in [0.2, 0.25) is 11.6 Å². The van der Waals surface area contributed by atoms with Crippen molar-refractivity contribution in [1.29, 1.82) is 0 Å². The Bertz CT molecular complexity index is 1300. The molecule has 5 fully saturated rings. The number of ketones is 4. The van der Waals surface area contributed by atoms with Gasteiger partial charge < -0.3 is 65.3 Å². The van der Waals surface area contributed by atoms with Crippen LogP contribution >= 0.6 is 0 Å². The summed E-state index contributed by atoms with van der Waals surface area (Å²) in [4.78, 5) is 63.9. The van der Waals surface area contributed by atoms with E-state index in [-0.39, 0.29) is 32.1 Å². The molecular weight excluding hydrogens is 600 g/mol. The molecular formula is C26H34O18. The van der Waals surface area contributed by atoms with Crippen LogP contribution in [0.2, 0.25) is 0 Å². The lowest BCUT2D eigenvalue weighted by Crippen LogP contribution is -2.74. The summed E-state index contributed by atoms with van der Waals surface area (Å²) in [5, 5.41) is 99.0. The molecule has 246 valence electrons. The molecule has 0 aromatic heterocycles. The van der Waals surface area contributed by atoms with Crippen LogP contribution in [0, 0.1) is 34.5 Å². The Hall–Kier alpha value is -2.33. The van der Waals surface area contributed by atoms with Crippen molar-refractivity contribution in [2.75, 3.05) is 6.79 Å². The van der Waals surface area contributed by atoms with Gasteiger partial charge in [-0.25, -0.2) is 4.79 Å². The first-order valence-corrected chi connectivity index (χ1v) is 13.8. The number of esters is 1. The van der Waals surface area contributed by atoms with Gasteiger partial charge in [0.25, 0.3) is 11.6 Å². The molecule has 0 aromatic rings. The van der Waals surface area contributed by atoms with Gasteiger partial charge in [0.05, 0.1) is 12.2 Å². The van der Waals surface area contributed by atoms with E-state index >= 15 is 0 Å². The zero-order chi connectivity index (χ0) is 33.2. The van der Waals surface area contributed by atoms with Crippen LogP contribution in [-0.4, -0.2) is 128 Å². The van der Waals surface area contributed by atoms with E-state index in [0.717, 1.165) is 0 Å². The monoisotopic (exact) mass is 634 g/mol. The van der Waals surface area contributed by atoms with Crippen molar-refractivity contribution in [3.63, 3.8) is 0 Å². The number of hydrogen-bond donors (Lipinski definition) is 10. The molecule has 1 aliphatic heterocycles. The Morgan fingerprint density at radius 2 is 1.52 bits per heavy atom. The fourth-order valence-electron chi connectivity index (χ4n) is 9.08. The quantitative estimate of drug-likeness (QED) is 0.0739. The van der Waals surface area contributed by atoms with Crippen LogP contribution in [0.15, 0.2) is 0 Å². The van der Waals surface area contributed by atoms with Gasteiger partial charge in [-0.2, -0.15) is 0 Å². The third-order valence-electron chi connectivity index (χ3n) is 11.0. The Labute approximate surface area is 247 Å². The largest absolute Gasteiger partial charge is 0.399 e. The summed E-state index contributed by atoms with van der Waals surface area (Å²) >= 11 is 0. The second-order valence-electron chi connectivity index (χ2n) is 13.1. The predicted molar refractivity (Wildman–Crippen MR) is 130 cm³/mol. The number of aliphatic hydroxyl groups excluding tert-OH is 1. The number of carbonyl (C=O) groups is 5. The Balaban J connectivity index is 1.51. The maximum atomic E-state index is 13.9. The van der Waals surface area contributed by atoms with E-state index in [0.29, 0.717) is 0 Å². The van der Waals surface area contributed by atoms with Crippen molar-refractivity contribution in [3.8, 4) is 0 Å². The molecule has 18 nitrogen and oxygen atoms in total. The topological polar surface area (TPSA) is 315 Å². The summed E-state index contributed by atoms with van der Waals surface area (Å²) in [6.45, 7) is 2.52. The first-order valence-electron chi connectivity index (χ1n) is 13.8. The molecule has 0 aromatic carbocycles. The smallest absolute Gasteiger partial charge is 0.391 e. The van der Waals surface area contributed by atoms with Gasteiger partial charge in [0.15, 0.2) is 5.60 Å². The summed E-state index contributed by atoms with van der Waals surface area (Å²) in [6, 6.07) is 0. The normalized spacial score (nSPS) is 41.0. The summed E-state index contributed by atoms with van der Waals surface area (Å²) in [5.41, 5.74) is -9.99. The minimum atomic E-state index is -4.91. The summed E-state index contributed by atoms with van der Waals surface area (Å²) in [6.07, 6.45) is -2.80. The van der Waals surface area contributed by atoms with Crippen LogP contribution in [0.25, 0.3) is 0 Å². The van der Waals surface area contributed by atoms with Crippen molar-refractivity contribution in [2.24, 2.45) is 34.5 Å². The zero-order valence-electron chi connectivity index (χ0n) is 23.4. The SMILES string of the molecule is CC12CC(=O)C(=O)C(=O)C1CCC1C2C(O)CC2(C)C1CC1OCOC12C(=O)C(O)(O)OC(=O)C(O)(C(O)(O)O)C(O)(O)O. The van der Waals surface area contributed by atoms with Crippen LogP contribution in [-0.2, 0) is 38.2 Å². The second kappa shape index (κ2) is 9.60. The first-order chi connectivity index (χ1) is 19.9. The van der Waals surface area contributed by atoms with Crippen LogP contribution in [0.5, 0.6) is 0 Å². The third-order valence-corrected chi connectivity index (χ3v) is 11.0. The molecule has 0 radical (unpaired) electrons. The molecule has 10 N–H and O–H groups in total. The molecule has 5 rings (SSSR count). The van der Waals surface area contributed by atoms with E-state index in [9.17, 15) is 75.0 Å². The second-order valence-corrected chi connectivity index (χ2v) is 13.1. The lowest BCUT2D eigenvalue weighted by molar-refractivity contribution is -0.484. The number of carbonyl (C=O) groups excluding carboxylic acids is 5. The maximum Gasteiger partial charge on any atom is 0.391 e. The van der Waals surface area contributed by atoms with E-state index in [2.05, 4.69) is 4.74 Å². The highest BCUT2D eigenvalue weighted by Crippen LogP contribution is 2.70. The van der Waals surface area contributed by atoms with Gasteiger partial charge in [0.1, 0.15) is 6.79 Å². The van der Waals surface area contributed by atoms with Crippen molar-refractivity contribution in [2.45, 2.75) is 87.3 Å². The molecule has 4 aliphatic carbocycles.